The van der Waals surface area contributed by atoms with E-state index in [-0.39, 0.29) is 5.91 Å². The van der Waals surface area contributed by atoms with Crippen LogP contribution in [-0.2, 0) is 6.54 Å². The van der Waals surface area contributed by atoms with Gasteiger partial charge in [0.2, 0.25) is 0 Å². The molecule has 0 atom stereocenters. The Balaban J connectivity index is 0.000000672. The summed E-state index contributed by atoms with van der Waals surface area (Å²) >= 11 is 0. The highest BCUT2D eigenvalue weighted by Crippen LogP contribution is 2.25. The van der Waals surface area contributed by atoms with E-state index < -0.39 is 12.0 Å². The van der Waals surface area contributed by atoms with Gasteiger partial charge in [0, 0.05) is 23.5 Å². The summed E-state index contributed by atoms with van der Waals surface area (Å²) in [7, 11) is 0. The first-order valence-corrected chi connectivity index (χ1v) is 11.7. The number of rotatable bonds is 5. The molecule has 0 aliphatic heterocycles. The molecule has 2 aromatic heterocycles. The number of nitrogens with zero attached hydrogens (tertiary/aromatic N) is 2. The van der Waals surface area contributed by atoms with Crippen molar-refractivity contribution in [2.75, 3.05) is 6.54 Å². The number of fused-ring (bicyclic) bond motifs is 2. The predicted molar refractivity (Wildman–Crippen MR) is 132 cm³/mol. The highest BCUT2D eigenvalue weighted by molar-refractivity contribution is 6.06. The van der Waals surface area contributed by atoms with Crippen molar-refractivity contribution in [2.45, 2.75) is 38.6 Å². The van der Waals surface area contributed by atoms with Crippen LogP contribution in [0.25, 0.3) is 21.8 Å². The van der Waals surface area contributed by atoms with Gasteiger partial charge < -0.3 is 20.1 Å². The summed E-state index contributed by atoms with van der Waals surface area (Å²) < 4.78 is 16.2. The second-order valence-corrected chi connectivity index (χ2v) is 8.83. The van der Waals surface area contributed by atoms with Crippen molar-refractivity contribution in [3.05, 3.63) is 77.9 Å². The third kappa shape index (κ3) is 6.15. The maximum atomic E-state index is 14.3. The topological polar surface area (TPSA) is 104 Å². The summed E-state index contributed by atoms with van der Waals surface area (Å²) in [5, 5.41) is 18.8. The SMILES string of the molecule is O=C(NCC1CCCCC1)c1cc(F)cc2ccn(Cc3ccc4ccccc4n3)c12.O=C(O)O. The Hall–Kier alpha value is -3.94. The lowest BCUT2D eigenvalue weighted by atomic mass is 9.89. The molecule has 1 fully saturated rings. The number of pyridine rings is 1. The second kappa shape index (κ2) is 11.0. The molecule has 0 unspecified atom stereocenters. The molecule has 8 heteroatoms. The Morgan fingerprint density at radius 3 is 2.51 bits per heavy atom. The van der Waals surface area contributed by atoms with Gasteiger partial charge in [-0.15, -0.1) is 0 Å². The van der Waals surface area contributed by atoms with E-state index in [4.69, 9.17) is 20.0 Å². The van der Waals surface area contributed by atoms with Crippen LogP contribution >= 0.6 is 0 Å². The van der Waals surface area contributed by atoms with Gasteiger partial charge in [-0.2, -0.15) is 0 Å². The van der Waals surface area contributed by atoms with Crippen molar-refractivity contribution in [3.63, 3.8) is 0 Å². The van der Waals surface area contributed by atoms with Gasteiger partial charge in [-0.05, 0) is 49.1 Å². The number of nitrogens with one attached hydrogen (secondary N) is 1. The van der Waals surface area contributed by atoms with Crippen LogP contribution in [-0.4, -0.2) is 38.4 Å². The van der Waals surface area contributed by atoms with E-state index in [0.717, 1.165) is 40.3 Å². The fraction of sp³-hybridized carbons (Fsp3) is 0.296. The van der Waals surface area contributed by atoms with Crippen LogP contribution in [0.3, 0.4) is 0 Å². The van der Waals surface area contributed by atoms with Crippen molar-refractivity contribution in [3.8, 4) is 0 Å². The zero-order chi connectivity index (χ0) is 24.8. The molecule has 1 amide bonds. The first-order valence-electron chi connectivity index (χ1n) is 11.7. The minimum Gasteiger partial charge on any atom is -0.450 e. The smallest absolute Gasteiger partial charge is 0.450 e. The standard InChI is InChI=1S/C26H26FN3O.CH2O3/c27-21-14-20-12-13-30(17-22-11-10-19-8-4-5-9-24(19)29-22)25(20)23(15-21)26(31)28-16-18-6-2-1-3-7-18;2-1(3)4/h4-5,8-15,18H,1-3,6-7,16-17H2,(H,28,31);(H2,2,3,4). The van der Waals surface area contributed by atoms with Crippen molar-refractivity contribution >= 4 is 33.9 Å². The van der Waals surface area contributed by atoms with Crippen LogP contribution in [0, 0.1) is 11.7 Å². The van der Waals surface area contributed by atoms with E-state index in [2.05, 4.69) is 11.4 Å². The largest absolute Gasteiger partial charge is 0.503 e. The lowest BCUT2D eigenvalue weighted by Gasteiger charge is -2.22. The first kappa shape index (κ1) is 24.2. The van der Waals surface area contributed by atoms with Crippen molar-refractivity contribution < 1.29 is 24.2 Å². The van der Waals surface area contributed by atoms with Crippen molar-refractivity contribution in [1.29, 1.82) is 0 Å². The number of hydrogen-bond donors (Lipinski definition) is 3. The number of aromatic nitrogens is 2. The molecule has 1 aliphatic carbocycles. The Labute approximate surface area is 202 Å². The van der Waals surface area contributed by atoms with Crippen LogP contribution in [0.5, 0.6) is 0 Å². The summed E-state index contributed by atoms with van der Waals surface area (Å²) in [5.41, 5.74) is 2.97. The molecule has 1 saturated carbocycles. The minimum atomic E-state index is -1.83. The highest BCUT2D eigenvalue weighted by atomic mass is 19.1. The third-order valence-corrected chi connectivity index (χ3v) is 6.33. The number of halogens is 1. The van der Waals surface area contributed by atoms with Gasteiger partial charge >= 0.3 is 6.16 Å². The van der Waals surface area contributed by atoms with Gasteiger partial charge in [0.25, 0.3) is 5.91 Å². The zero-order valence-electron chi connectivity index (χ0n) is 19.3. The molecule has 4 aromatic rings. The summed E-state index contributed by atoms with van der Waals surface area (Å²) in [6, 6.07) is 16.7. The molecule has 35 heavy (non-hydrogen) atoms. The van der Waals surface area contributed by atoms with E-state index in [1.54, 1.807) is 0 Å². The van der Waals surface area contributed by atoms with Crippen molar-refractivity contribution in [2.24, 2.45) is 5.92 Å². The Morgan fingerprint density at radius 2 is 1.74 bits per heavy atom. The second-order valence-electron chi connectivity index (χ2n) is 8.83. The monoisotopic (exact) mass is 477 g/mol. The average Bonchev–Trinajstić information content (AvgIpc) is 3.24. The van der Waals surface area contributed by atoms with Crippen LogP contribution in [0.4, 0.5) is 9.18 Å². The van der Waals surface area contributed by atoms with Gasteiger partial charge in [-0.1, -0.05) is 43.5 Å². The average molecular weight is 478 g/mol. The quantitative estimate of drug-likeness (QED) is 0.331. The molecule has 5 rings (SSSR count). The maximum Gasteiger partial charge on any atom is 0.503 e. The molecule has 3 N–H and O–H groups in total. The lowest BCUT2D eigenvalue weighted by molar-refractivity contribution is 0.0944. The van der Waals surface area contributed by atoms with E-state index in [9.17, 15) is 9.18 Å². The maximum absolute atomic E-state index is 14.3. The van der Waals surface area contributed by atoms with Gasteiger partial charge in [0.05, 0.1) is 28.8 Å². The highest BCUT2D eigenvalue weighted by Gasteiger charge is 2.19. The Kier molecular flexibility index (Phi) is 7.60. The molecule has 2 aromatic carbocycles. The summed E-state index contributed by atoms with van der Waals surface area (Å²) in [6.07, 6.45) is 6.12. The number of carbonyl (C=O) groups is 2. The lowest BCUT2D eigenvalue weighted by Crippen LogP contribution is -2.30. The van der Waals surface area contributed by atoms with Gasteiger partial charge in [-0.3, -0.25) is 9.78 Å². The van der Waals surface area contributed by atoms with E-state index in [0.29, 0.717) is 24.6 Å². The predicted octanol–water partition coefficient (Wildman–Crippen LogP) is 5.91. The summed E-state index contributed by atoms with van der Waals surface area (Å²) in [6.45, 7) is 1.17. The number of carbonyl (C=O) groups excluding carboxylic acids is 1. The molecule has 0 spiro atoms. The fourth-order valence-electron chi connectivity index (χ4n) is 4.71. The Morgan fingerprint density at radius 1 is 1.00 bits per heavy atom. The number of hydrogen-bond acceptors (Lipinski definition) is 3. The van der Waals surface area contributed by atoms with Gasteiger partial charge in [-0.25, -0.2) is 9.18 Å². The summed E-state index contributed by atoms with van der Waals surface area (Å²) in [5.74, 6) is -0.0753. The van der Waals surface area contributed by atoms with Crippen LogP contribution in [0.2, 0.25) is 0 Å². The normalized spacial score (nSPS) is 13.9. The van der Waals surface area contributed by atoms with E-state index >= 15 is 0 Å². The van der Waals surface area contributed by atoms with Gasteiger partial charge in [0.1, 0.15) is 5.82 Å². The fourth-order valence-corrected chi connectivity index (χ4v) is 4.71. The number of benzene rings is 2. The van der Waals surface area contributed by atoms with Crippen LogP contribution in [0.15, 0.2) is 60.8 Å². The third-order valence-electron chi connectivity index (χ3n) is 6.33. The van der Waals surface area contributed by atoms with E-state index in [1.165, 1.54) is 31.4 Å². The molecule has 7 nitrogen and oxygen atoms in total. The van der Waals surface area contributed by atoms with Gasteiger partial charge in [0.15, 0.2) is 0 Å². The van der Waals surface area contributed by atoms with Crippen LogP contribution < -0.4 is 5.32 Å². The van der Waals surface area contributed by atoms with E-state index in [1.807, 2.05) is 47.2 Å². The molecule has 1 aliphatic rings. The number of amides is 1. The van der Waals surface area contributed by atoms with Crippen LogP contribution in [0.1, 0.15) is 48.2 Å². The number of carboxylic acid groups (broad SMARTS) is 2. The molecule has 0 radical (unpaired) electrons. The molecule has 0 saturated heterocycles. The molecule has 0 bridgehead atoms. The first-order chi connectivity index (χ1) is 16.9. The molecule has 2 heterocycles. The summed E-state index contributed by atoms with van der Waals surface area (Å²) in [4.78, 5) is 26.3. The minimum absolute atomic E-state index is 0.207. The molecular weight excluding hydrogens is 449 g/mol. The zero-order valence-corrected chi connectivity index (χ0v) is 19.3. The van der Waals surface area contributed by atoms with Crippen molar-refractivity contribution in [1.82, 2.24) is 14.9 Å². The number of para-hydroxylation sites is 1. The molecular formula is C27H28FN3O4. The Bertz CT molecular complexity index is 1340. The molecule has 182 valence electrons.